The number of benzene rings is 1. The Kier molecular flexibility index (Phi) is 5.48. The molecule has 132 valence electrons. The van der Waals surface area contributed by atoms with Crippen molar-refractivity contribution in [3.63, 3.8) is 0 Å². The minimum Gasteiger partial charge on any atom is -0.378 e. The van der Waals surface area contributed by atoms with Gasteiger partial charge in [-0.2, -0.15) is 0 Å². The van der Waals surface area contributed by atoms with Gasteiger partial charge in [0.2, 0.25) is 0 Å². The first-order valence-electron chi connectivity index (χ1n) is 9.21. The van der Waals surface area contributed by atoms with Gasteiger partial charge in [-0.05, 0) is 37.1 Å². The van der Waals surface area contributed by atoms with Gasteiger partial charge in [-0.25, -0.2) is 4.79 Å². The Bertz CT molecular complexity index is 529. The quantitative estimate of drug-likeness (QED) is 0.926. The summed E-state index contributed by atoms with van der Waals surface area (Å²) in [5.74, 6) is 0. The molecule has 0 bridgehead atoms. The molecule has 1 aliphatic heterocycles. The van der Waals surface area contributed by atoms with E-state index < -0.39 is 0 Å². The first-order valence-corrected chi connectivity index (χ1v) is 9.21. The van der Waals surface area contributed by atoms with Crippen molar-refractivity contribution in [2.24, 2.45) is 0 Å². The highest BCUT2D eigenvalue weighted by Crippen LogP contribution is 2.21. The first-order chi connectivity index (χ1) is 11.6. The topological polar surface area (TPSA) is 38.8 Å². The van der Waals surface area contributed by atoms with E-state index in [0.717, 1.165) is 39.0 Å². The molecule has 1 N–H and O–H groups in total. The van der Waals surface area contributed by atoms with Gasteiger partial charge in [0.25, 0.3) is 0 Å². The molecule has 0 aromatic heterocycles. The number of hydrogen-bond acceptors (Lipinski definition) is 3. The Morgan fingerprint density at radius 2 is 1.62 bits per heavy atom. The van der Waals surface area contributed by atoms with E-state index in [1.165, 1.54) is 30.6 Å². The van der Waals surface area contributed by atoms with E-state index in [4.69, 9.17) is 0 Å². The Balaban J connectivity index is 1.48. The number of anilines is 2. The third kappa shape index (κ3) is 4.13. The van der Waals surface area contributed by atoms with Crippen molar-refractivity contribution >= 4 is 17.4 Å². The van der Waals surface area contributed by atoms with Crippen LogP contribution in [0.15, 0.2) is 24.3 Å². The van der Waals surface area contributed by atoms with Crippen LogP contribution in [0.2, 0.25) is 0 Å². The Hall–Kier alpha value is -1.91. The van der Waals surface area contributed by atoms with Gasteiger partial charge in [-0.1, -0.05) is 19.3 Å². The number of nitrogens with zero attached hydrogens (tertiary/aromatic N) is 3. The molecule has 3 rings (SSSR count). The predicted molar refractivity (Wildman–Crippen MR) is 100.0 cm³/mol. The van der Waals surface area contributed by atoms with E-state index in [9.17, 15) is 4.79 Å². The van der Waals surface area contributed by atoms with E-state index in [0.29, 0.717) is 6.04 Å². The lowest BCUT2D eigenvalue weighted by Gasteiger charge is -2.37. The van der Waals surface area contributed by atoms with Crippen LogP contribution in [0.5, 0.6) is 0 Å². The van der Waals surface area contributed by atoms with Crippen LogP contribution in [0, 0.1) is 0 Å². The number of urea groups is 1. The van der Waals surface area contributed by atoms with Gasteiger partial charge in [-0.15, -0.1) is 0 Å². The number of carbonyl (C=O) groups excluding carboxylic acids is 1. The van der Waals surface area contributed by atoms with Gasteiger partial charge < -0.3 is 20.0 Å². The Morgan fingerprint density at radius 1 is 1.00 bits per heavy atom. The highest BCUT2D eigenvalue weighted by atomic mass is 16.2. The third-order valence-corrected chi connectivity index (χ3v) is 5.23. The summed E-state index contributed by atoms with van der Waals surface area (Å²) < 4.78 is 0. The molecule has 0 spiro atoms. The zero-order valence-corrected chi connectivity index (χ0v) is 15.0. The average molecular weight is 330 g/mol. The van der Waals surface area contributed by atoms with Crippen LogP contribution in [0.4, 0.5) is 16.2 Å². The molecule has 0 radical (unpaired) electrons. The molecule has 1 saturated carbocycles. The lowest BCUT2D eigenvalue weighted by molar-refractivity contribution is 0.186. The van der Waals surface area contributed by atoms with Crippen molar-refractivity contribution < 1.29 is 4.79 Å². The molecular formula is C19H30N4O. The fourth-order valence-electron chi connectivity index (χ4n) is 3.64. The Morgan fingerprint density at radius 3 is 2.21 bits per heavy atom. The molecule has 0 unspecified atom stereocenters. The minimum absolute atomic E-state index is 0.129. The van der Waals surface area contributed by atoms with Crippen LogP contribution < -0.4 is 15.1 Å². The molecule has 1 heterocycles. The first kappa shape index (κ1) is 16.9. The summed E-state index contributed by atoms with van der Waals surface area (Å²) in [6.45, 7) is 3.40. The summed E-state index contributed by atoms with van der Waals surface area (Å²) in [6, 6.07) is 9.17. The Labute approximate surface area is 145 Å². The van der Waals surface area contributed by atoms with Crippen LogP contribution in [0.3, 0.4) is 0 Å². The smallest absolute Gasteiger partial charge is 0.317 e. The van der Waals surface area contributed by atoms with Crippen molar-refractivity contribution in [1.82, 2.24) is 10.2 Å². The number of hydrogen-bond donors (Lipinski definition) is 1. The maximum atomic E-state index is 12.4. The highest BCUT2D eigenvalue weighted by Gasteiger charge is 2.23. The molecule has 5 nitrogen and oxygen atoms in total. The number of piperazine rings is 1. The van der Waals surface area contributed by atoms with Crippen LogP contribution in [0.1, 0.15) is 32.1 Å². The van der Waals surface area contributed by atoms with Crippen molar-refractivity contribution in [2.45, 2.75) is 38.1 Å². The summed E-state index contributed by atoms with van der Waals surface area (Å²) in [6.07, 6.45) is 6.11. The molecule has 1 saturated heterocycles. The highest BCUT2D eigenvalue weighted by molar-refractivity contribution is 5.75. The second kappa shape index (κ2) is 7.77. The summed E-state index contributed by atoms with van der Waals surface area (Å²) >= 11 is 0. The summed E-state index contributed by atoms with van der Waals surface area (Å²) in [7, 11) is 4.11. The molecule has 1 aromatic carbocycles. The average Bonchev–Trinajstić information content (AvgIpc) is 2.63. The van der Waals surface area contributed by atoms with Gasteiger partial charge in [0.05, 0.1) is 0 Å². The fourth-order valence-corrected chi connectivity index (χ4v) is 3.64. The number of amides is 2. The van der Waals surface area contributed by atoms with Crippen LogP contribution in [-0.4, -0.2) is 57.2 Å². The summed E-state index contributed by atoms with van der Waals surface area (Å²) in [5.41, 5.74) is 2.46. The van der Waals surface area contributed by atoms with Crippen molar-refractivity contribution in [3.8, 4) is 0 Å². The monoisotopic (exact) mass is 330 g/mol. The van der Waals surface area contributed by atoms with Gasteiger partial charge in [-0.3, -0.25) is 0 Å². The van der Waals surface area contributed by atoms with E-state index in [-0.39, 0.29) is 6.03 Å². The lowest BCUT2D eigenvalue weighted by Crippen LogP contribution is -2.53. The minimum atomic E-state index is 0.129. The van der Waals surface area contributed by atoms with E-state index >= 15 is 0 Å². The zero-order chi connectivity index (χ0) is 16.9. The maximum absolute atomic E-state index is 12.4. The zero-order valence-electron chi connectivity index (χ0n) is 15.0. The van der Waals surface area contributed by atoms with Crippen LogP contribution >= 0.6 is 0 Å². The third-order valence-electron chi connectivity index (χ3n) is 5.23. The maximum Gasteiger partial charge on any atom is 0.317 e. The molecule has 2 amide bonds. The molecule has 0 atom stereocenters. The summed E-state index contributed by atoms with van der Waals surface area (Å²) in [5, 5.41) is 3.23. The van der Waals surface area contributed by atoms with Gasteiger partial charge >= 0.3 is 6.03 Å². The van der Waals surface area contributed by atoms with Crippen molar-refractivity contribution in [2.75, 3.05) is 50.1 Å². The van der Waals surface area contributed by atoms with Crippen molar-refractivity contribution in [1.29, 1.82) is 0 Å². The van der Waals surface area contributed by atoms with E-state index in [1.807, 2.05) is 4.90 Å². The standard InChI is InChI=1S/C19H30N4O/c1-21(2)17-8-10-18(11-9-17)22-12-14-23(15-13-22)19(24)20-16-6-4-3-5-7-16/h8-11,16H,3-7,12-15H2,1-2H3,(H,20,24). The van der Waals surface area contributed by atoms with Crippen molar-refractivity contribution in [3.05, 3.63) is 24.3 Å². The summed E-state index contributed by atoms with van der Waals surface area (Å²) in [4.78, 5) is 18.9. The number of nitrogens with one attached hydrogen (secondary N) is 1. The largest absolute Gasteiger partial charge is 0.378 e. The predicted octanol–water partition coefficient (Wildman–Crippen LogP) is 2.92. The van der Waals surface area contributed by atoms with E-state index in [2.05, 4.69) is 53.5 Å². The normalized spacial score (nSPS) is 19.2. The van der Waals surface area contributed by atoms with Gasteiger partial charge in [0.15, 0.2) is 0 Å². The molecule has 5 heteroatoms. The number of rotatable bonds is 3. The molecule has 2 aliphatic rings. The van der Waals surface area contributed by atoms with Crippen LogP contribution in [-0.2, 0) is 0 Å². The number of carbonyl (C=O) groups is 1. The van der Waals surface area contributed by atoms with Crippen LogP contribution in [0.25, 0.3) is 0 Å². The van der Waals surface area contributed by atoms with Gasteiger partial charge in [0.1, 0.15) is 0 Å². The van der Waals surface area contributed by atoms with E-state index in [1.54, 1.807) is 0 Å². The molecule has 24 heavy (non-hydrogen) atoms. The second-order valence-electron chi connectivity index (χ2n) is 7.17. The lowest BCUT2D eigenvalue weighted by atomic mass is 9.96. The molecule has 2 fully saturated rings. The van der Waals surface area contributed by atoms with Gasteiger partial charge in [0, 0.05) is 57.7 Å². The molecular weight excluding hydrogens is 300 g/mol. The second-order valence-corrected chi connectivity index (χ2v) is 7.17. The molecule has 1 aromatic rings. The molecule has 1 aliphatic carbocycles. The SMILES string of the molecule is CN(C)c1ccc(N2CCN(C(=O)NC3CCCCC3)CC2)cc1. The fraction of sp³-hybridized carbons (Fsp3) is 0.632.